The summed E-state index contributed by atoms with van der Waals surface area (Å²) >= 11 is 8.86. The maximum atomic E-state index is 10.2. The molecule has 23 heavy (non-hydrogen) atoms. The van der Waals surface area contributed by atoms with E-state index in [2.05, 4.69) is 11.1 Å². The predicted molar refractivity (Wildman–Crippen MR) is 97.3 cm³/mol. The van der Waals surface area contributed by atoms with Gasteiger partial charge in [-0.25, -0.2) is 4.98 Å². The molecule has 1 heterocycles. The van der Waals surface area contributed by atoms with E-state index in [-0.39, 0.29) is 0 Å². The van der Waals surface area contributed by atoms with Crippen molar-refractivity contribution < 1.29 is 5.11 Å². The Morgan fingerprint density at radius 1 is 1.22 bits per heavy atom. The number of rotatable bonds is 6. The van der Waals surface area contributed by atoms with E-state index in [1.54, 1.807) is 11.8 Å². The molecule has 0 bridgehead atoms. The number of nitrogens with zero attached hydrogens (tertiary/aromatic N) is 2. The highest BCUT2D eigenvalue weighted by Gasteiger charge is 2.12. The van der Waals surface area contributed by atoms with E-state index < -0.39 is 6.10 Å². The fourth-order valence-electron chi connectivity index (χ4n) is 1.99. The molecular formula is C17H17ClN2OS2. The van der Waals surface area contributed by atoms with Crippen LogP contribution in [0.1, 0.15) is 16.8 Å². The molecule has 2 rings (SSSR count). The van der Waals surface area contributed by atoms with E-state index in [4.69, 9.17) is 11.6 Å². The normalized spacial score (nSPS) is 12.0. The van der Waals surface area contributed by atoms with Crippen LogP contribution < -0.4 is 0 Å². The van der Waals surface area contributed by atoms with Gasteiger partial charge in [-0.2, -0.15) is 5.26 Å². The zero-order valence-electron chi connectivity index (χ0n) is 12.9. The molecule has 6 heteroatoms. The highest BCUT2D eigenvalue weighted by molar-refractivity contribution is 8.00. The summed E-state index contributed by atoms with van der Waals surface area (Å²) in [5.74, 6) is 1.09. The molecule has 0 aliphatic rings. The molecule has 1 N–H and O–H groups in total. The maximum absolute atomic E-state index is 10.2. The number of aliphatic hydroxyl groups excluding tert-OH is 1. The summed E-state index contributed by atoms with van der Waals surface area (Å²) in [6.07, 6.45) is -0.477. The Labute approximate surface area is 150 Å². The summed E-state index contributed by atoms with van der Waals surface area (Å²) < 4.78 is 0. The van der Waals surface area contributed by atoms with Gasteiger partial charge >= 0.3 is 0 Å². The molecule has 120 valence electrons. The summed E-state index contributed by atoms with van der Waals surface area (Å²) in [5, 5.41) is 20.8. The molecular weight excluding hydrogens is 348 g/mol. The Kier molecular flexibility index (Phi) is 6.79. The first-order chi connectivity index (χ1) is 11.0. The fraction of sp³-hybridized carbons (Fsp3) is 0.294. The molecule has 1 aromatic heterocycles. The molecule has 0 amide bonds. The molecule has 0 aliphatic heterocycles. The first-order valence-corrected chi connectivity index (χ1v) is 9.42. The van der Waals surface area contributed by atoms with Gasteiger partial charge in [-0.15, -0.1) is 23.5 Å². The summed E-state index contributed by atoms with van der Waals surface area (Å²) in [5.41, 5.74) is 2.40. The Morgan fingerprint density at radius 2 is 1.87 bits per heavy atom. The van der Waals surface area contributed by atoms with E-state index in [1.807, 2.05) is 44.2 Å². The molecule has 0 unspecified atom stereocenters. The van der Waals surface area contributed by atoms with Crippen LogP contribution in [0.5, 0.6) is 0 Å². The van der Waals surface area contributed by atoms with Crippen molar-refractivity contribution in [3.8, 4) is 6.07 Å². The number of hydrogen-bond acceptors (Lipinski definition) is 5. The molecule has 3 nitrogen and oxygen atoms in total. The lowest BCUT2D eigenvalue weighted by Gasteiger charge is -2.11. The molecule has 1 aromatic carbocycles. The van der Waals surface area contributed by atoms with Gasteiger partial charge in [-0.05, 0) is 49.7 Å². The van der Waals surface area contributed by atoms with Crippen LogP contribution in [-0.2, 0) is 0 Å². The monoisotopic (exact) mass is 364 g/mol. The first-order valence-electron chi connectivity index (χ1n) is 7.07. The number of pyridine rings is 1. The number of hydrogen-bond donors (Lipinski definition) is 1. The topological polar surface area (TPSA) is 56.9 Å². The summed E-state index contributed by atoms with van der Waals surface area (Å²) in [4.78, 5) is 5.48. The molecule has 0 saturated carbocycles. The molecule has 0 fully saturated rings. The van der Waals surface area contributed by atoms with Crippen molar-refractivity contribution in [2.45, 2.75) is 29.9 Å². The quantitative estimate of drug-likeness (QED) is 0.766. The standard InChI is InChI=1S/C17H17ClN2OS2/c1-11-7-12(2)20-17(16(11)8-19)23-10-14(21)9-22-15-5-3-13(18)4-6-15/h3-7,14,21H,9-10H2,1-2H3/t14-/m0/s1. The van der Waals surface area contributed by atoms with Gasteiger partial charge < -0.3 is 5.11 Å². The number of aliphatic hydroxyl groups is 1. The van der Waals surface area contributed by atoms with Crippen LogP contribution in [-0.4, -0.2) is 27.7 Å². The lowest BCUT2D eigenvalue weighted by Crippen LogP contribution is -2.13. The van der Waals surface area contributed by atoms with Crippen LogP contribution in [0, 0.1) is 25.2 Å². The first kappa shape index (κ1) is 18.2. The summed E-state index contributed by atoms with van der Waals surface area (Å²) in [6, 6.07) is 11.6. The Morgan fingerprint density at radius 3 is 2.52 bits per heavy atom. The second kappa shape index (κ2) is 8.60. The summed E-state index contributed by atoms with van der Waals surface area (Å²) in [6.45, 7) is 3.81. The third-order valence-corrected chi connectivity index (χ3v) is 5.62. The second-order valence-corrected chi connectivity index (χ2v) is 7.64. The van der Waals surface area contributed by atoms with Crippen LogP contribution in [0.3, 0.4) is 0 Å². The van der Waals surface area contributed by atoms with Crippen molar-refractivity contribution >= 4 is 35.1 Å². The minimum absolute atomic E-state index is 0.477. The van der Waals surface area contributed by atoms with Gasteiger partial charge in [0, 0.05) is 27.1 Å². The van der Waals surface area contributed by atoms with Crippen molar-refractivity contribution in [1.29, 1.82) is 5.26 Å². The fourth-order valence-corrected chi connectivity index (χ4v) is 4.12. The zero-order chi connectivity index (χ0) is 16.8. The van der Waals surface area contributed by atoms with E-state index in [0.29, 0.717) is 27.1 Å². The average Bonchev–Trinajstić information content (AvgIpc) is 2.52. The summed E-state index contributed by atoms with van der Waals surface area (Å²) in [7, 11) is 0. The SMILES string of the molecule is Cc1cc(C)c(C#N)c(SC[C@@H](O)CSc2ccc(Cl)cc2)n1. The van der Waals surface area contributed by atoms with Crippen LogP contribution in [0.4, 0.5) is 0 Å². The minimum atomic E-state index is -0.477. The molecule has 1 atom stereocenters. The van der Waals surface area contributed by atoms with Gasteiger partial charge in [0.05, 0.1) is 11.7 Å². The maximum Gasteiger partial charge on any atom is 0.114 e. The largest absolute Gasteiger partial charge is 0.391 e. The van der Waals surface area contributed by atoms with E-state index in [9.17, 15) is 10.4 Å². The van der Waals surface area contributed by atoms with Gasteiger partial charge in [0.15, 0.2) is 0 Å². The van der Waals surface area contributed by atoms with Crippen LogP contribution >= 0.6 is 35.1 Å². The van der Waals surface area contributed by atoms with E-state index in [0.717, 1.165) is 16.2 Å². The molecule has 0 saturated heterocycles. The van der Waals surface area contributed by atoms with Crippen molar-refractivity contribution in [2.75, 3.05) is 11.5 Å². The number of thioether (sulfide) groups is 2. The number of aromatic nitrogens is 1. The molecule has 0 radical (unpaired) electrons. The van der Waals surface area contributed by atoms with Gasteiger partial charge in [0.1, 0.15) is 11.1 Å². The van der Waals surface area contributed by atoms with E-state index >= 15 is 0 Å². The number of benzene rings is 1. The average molecular weight is 365 g/mol. The van der Waals surface area contributed by atoms with Crippen LogP contribution in [0.2, 0.25) is 5.02 Å². The van der Waals surface area contributed by atoms with Crippen molar-refractivity contribution in [1.82, 2.24) is 4.98 Å². The number of aryl methyl sites for hydroxylation is 2. The lowest BCUT2D eigenvalue weighted by atomic mass is 10.1. The number of halogens is 1. The Balaban J connectivity index is 1.91. The lowest BCUT2D eigenvalue weighted by molar-refractivity contribution is 0.225. The van der Waals surface area contributed by atoms with Gasteiger partial charge in [0.25, 0.3) is 0 Å². The molecule has 0 aliphatic carbocycles. The van der Waals surface area contributed by atoms with Crippen LogP contribution in [0.25, 0.3) is 0 Å². The zero-order valence-corrected chi connectivity index (χ0v) is 15.3. The third kappa shape index (κ3) is 5.43. The second-order valence-electron chi connectivity index (χ2n) is 5.10. The Hall–Kier alpha value is -1.19. The predicted octanol–water partition coefficient (Wildman–Crippen LogP) is 4.47. The Bertz CT molecular complexity index is 714. The van der Waals surface area contributed by atoms with Gasteiger partial charge in [-0.3, -0.25) is 0 Å². The van der Waals surface area contributed by atoms with Crippen molar-refractivity contribution in [3.63, 3.8) is 0 Å². The van der Waals surface area contributed by atoms with Crippen molar-refractivity contribution in [2.24, 2.45) is 0 Å². The number of nitriles is 1. The molecule has 0 spiro atoms. The highest BCUT2D eigenvalue weighted by Crippen LogP contribution is 2.26. The third-order valence-electron chi connectivity index (χ3n) is 3.09. The van der Waals surface area contributed by atoms with E-state index in [1.165, 1.54) is 11.8 Å². The van der Waals surface area contributed by atoms with Crippen molar-refractivity contribution in [3.05, 3.63) is 52.2 Å². The van der Waals surface area contributed by atoms with Gasteiger partial charge in [-0.1, -0.05) is 11.6 Å². The van der Waals surface area contributed by atoms with Crippen LogP contribution in [0.15, 0.2) is 40.3 Å². The van der Waals surface area contributed by atoms with Gasteiger partial charge in [0.2, 0.25) is 0 Å². The minimum Gasteiger partial charge on any atom is -0.391 e. The molecule has 2 aromatic rings. The smallest absolute Gasteiger partial charge is 0.114 e. The highest BCUT2D eigenvalue weighted by atomic mass is 35.5.